The zero-order chi connectivity index (χ0) is 13.5. The first-order chi connectivity index (χ1) is 9.31. The lowest BCUT2D eigenvalue weighted by Gasteiger charge is -2.03. The minimum atomic E-state index is 0.356. The van der Waals surface area contributed by atoms with Gasteiger partial charge in [-0.15, -0.1) is 0 Å². The van der Waals surface area contributed by atoms with Crippen molar-refractivity contribution in [1.82, 2.24) is 4.57 Å². The van der Waals surface area contributed by atoms with E-state index in [1.54, 1.807) is 0 Å². The maximum Gasteiger partial charge on any atom is 0.164 e. The van der Waals surface area contributed by atoms with Gasteiger partial charge in [0.05, 0.1) is 0 Å². The lowest BCUT2D eigenvalue weighted by Crippen LogP contribution is -1.98. The molecule has 0 spiro atoms. The molecule has 0 fully saturated rings. The van der Waals surface area contributed by atoms with Crippen LogP contribution in [0.15, 0.2) is 12.4 Å². The zero-order valence-electron chi connectivity index (χ0n) is 12.3. The van der Waals surface area contributed by atoms with E-state index < -0.39 is 0 Å². The summed E-state index contributed by atoms with van der Waals surface area (Å²) in [7, 11) is 0. The molecule has 1 aromatic heterocycles. The van der Waals surface area contributed by atoms with Crippen LogP contribution in [-0.4, -0.2) is 10.4 Å². The van der Waals surface area contributed by atoms with E-state index >= 15 is 0 Å². The molecule has 1 aromatic rings. The Bertz CT molecular complexity index is 405. The molecule has 0 atom stereocenters. The van der Waals surface area contributed by atoms with Crippen LogP contribution in [0.1, 0.15) is 80.6 Å². The fourth-order valence-electron chi connectivity index (χ4n) is 2.95. The van der Waals surface area contributed by atoms with E-state index in [4.69, 9.17) is 0 Å². The second kappa shape index (κ2) is 7.52. The summed E-state index contributed by atoms with van der Waals surface area (Å²) in [6, 6.07) is 0. The van der Waals surface area contributed by atoms with E-state index in [-0.39, 0.29) is 0 Å². The number of ketones is 1. The van der Waals surface area contributed by atoms with E-state index in [1.807, 2.05) is 0 Å². The average Bonchev–Trinajstić information content (AvgIpc) is 2.74. The summed E-state index contributed by atoms with van der Waals surface area (Å²) < 4.78 is 2.24. The molecule has 2 rings (SSSR count). The summed E-state index contributed by atoms with van der Waals surface area (Å²) in [6.07, 6.45) is 16.3. The Morgan fingerprint density at radius 2 is 1.74 bits per heavy atom. The Balaban J connectivity index is 1.79. The first kappa shape index (κ1) is 14.4. The number of unbranched alkanes of at least 4 members (excludes halogenated alkanes) is 5. The predicted molar refractivity (Wildman–Crippen MR) is 79.7 cm³/mol. The molecule has 1 heterocycles. The largest absolute Gasteiger partial charge is 0.353 e. The molecule has 2 nitrogen and oxygen atoms in total. The van der Waals surface area contributed by atoms with Crippen molar-refractivity contribution < 1.29 is 4.79 Å². The first-order valence-corrected chi connectivity index (χ1v) is 8.03. The minimum Gasteiger partial charge on any atom is -0.353 e. The Labute approximate surface area is 117 Å². The van der Waals surface area contributed by atoms with Gasteiger partial charge in [0.25, 0.3) is 0 Å². The number of hydrogen-bond acceptors (Lipinski definition) is 1. The molecule has 0 N–H and O–H groups in total. The molecule has 0 aromatic carbocycles. The zero-order valence-corrected chi connectivity index (χ0v) is 12.3. The molecular weight excluding hydrogens is 234 g/mol. The number of aryl methyl sites for hydroxylation is 2. The van der Waals surface area contributed by atoms with Crippen molar-refractivity contribution in [3.8, 4) is 0 Å². The summed E-state index contributed by atoms with van der Waals surface area (Å²) in [5, 5.41) is 0. The molecule has 106 valence electrons. The third-order valence-corrected chi connectivity index (χ3v) is 4.13. The van der Waals surface area contributed by atoms with Gasteiger partial charge in [0.15, 0.2) is 5.78 Å². The topological polar surface area (TPSA) is 22.0 Å². The van der Waals surface area contributed by atoms with Crippen LogP contribution in [0.4, 0.5) is 0 Å². The van der Waals surface area contributed by atoms with Gasteiger partial charge in [-0.25, -0.2) is 0 Å². The number of carbonyl (C=O) groups excluding carboxylic acids is 1. The van der Waals surface area contributed by atoms with Crippen LogP contribution in [0.3, 0.4) is 0 Å². The third-order valence-electron chi connectivity index (χ3n) is 4.13. The number of hydrogen-bond donors (Lipinski definition) is 0. The maximum absolute atomic E-state index is 12.0. The van der Waals surface area contributed by atoms with E-state index in [0.29, 0.717) is 5.78 Å². The lowest BCUT2D eigenvalue weighted by molar-refractivity contribution is 0.0982. The normalized spacial score (nSPS) is 15.3. The van der Waals surface area contributed by atoms with Crippen molar-refractivity contribution in [2.24, 2.45) is 0 Å². The van der Waals surface area contributed by atoms with Gasteiger partial charge in [0.2, 0.25) is 0 Å². The van der Waals surface area contributed by atoms with Crippen molar-refractivity contribution in [3.63, 3.8) is 0 Å². The number of nitrogens with zero attached hydrogens (tertiary/aromatic N) is 1. The summed E-state index contributed by atoms with van der Waals surface area (Å²) >= 11 is 0. The predicted octanol–water partition coefficient (Wildman–Crippen LogP) is 4.76. The van der Waals surface area contributed by atoms with E-state index in [2.05, 4.69) is 23.9 Å². The highest BCUT2D eigenvalue weighted by Crippen LogP contribution is 2.22. The summed E-state index contributed by atoms with van der Waals surface area (Å²) in [5.74, 6) is 0.356. The smallest absolute Gasteiger partial charge is 0.164 e. The van der Waals surface area contributed by atoms with Gasteiger partial charge in [-0.1, -0.05) is 39.0 Å². The number of carbonyl (C=O) groups is 1. The van der Waals surface area contributed by atoms with Gasteiger partial charge in [0.1, 0.15) is 0 Å². The van der Waals surface area contributed by atoms with Crippen LogP contribution in [0, 0.1) is 0 Å². The lowest BCUT2D eigenvalue weighted by atomic mass is 10.1. The Morgan fingerprint density at radius 1 is 1.00 bits per heavy atom. The maximum atomic E-state index is 12.0. The van der Waals surface area contributed by atoms with Crippen molar-refractivity contribution in [1.29, 1.82) is 0 Å². The standard InChI is InChI=1S/C17H27NO/c1-2-3-4-5-6-9-12-18-13-15-10-7-8-11-17(19)16(15)14-18/h13-14H,2-12H2,1H3. The van der Waals surface area contributed by atoms with Crippen LogP contribution in [-0.2, 0) is 13.0 Å². The SMILES string of the molecule is CCCCCCCCn1cc2c(c1)C(=O)CCCC2. The number of Topliss-reactive ketones (excluding diaryl/α,β-unsaturated/α-hetero) is 1. The highest BCUT2D eigenvalue weighted by Gasteiger charge is 2.17. The highest BCUT2D eigenvalue weighted by molar-refractivity contribution is 5.97. The number of rotatable bonds is 7. The first-order valence-electron chi connectivity index (χ1n) is 8.03. The van der Waals surface area contributed by atoms with Gasteiger partial charge >= 0.3 is 0 Å². The summed E-state index contributed by atoms with van der Waals surface area (Å²) in [4.78, 5) is 12.0. The molecule has 0 saturated heterocycles. The number of fused-ring (bicyclic) bond motifs is 1. The molecule has 0 bridgehead atoms. The minimum absolute atomic E-state index is 0.356. The molecular formula is C17H27NO. The molecule has 0 radical (unpaired) electrons. The van der Waals surface area contributed by atoms with E-state index in [0.717, 1.165) is 31.4 Å². The molecule has 0 aliphatic heterocycles. The molecule has 0 amide bonds. The van der Waals surface area contributed by atoms with Crippen LogP contribution in [0.2, 0.25) is 0 Å². The average molecular weight is 261 g/mol. The van der Waals surface area contributed by atoms with Crippen molar-refractivity contribution in [2.75, 3.05) is 0 Å². The van der Waals surface area contributed by atoms with Crippen molar-refractivity contribution in [2.45, 2.75) is 77.7 Å². The molecule has 0 unspecified atom stereocenters. The molecule has 1 aliphatic carbocycles. The monoisotopic (exact) mass is 261 g/mol. The summed E-state index contributed by atoms with van der Waals surface area (Å²) in [5.41, 5.74) is 2.29. The fraction of sp³-hybridized carbons (Fsp3) is 0.706. The van der Waals surface area contributed by atoms with Crippen LogP contribution in [0.25, 0.3) is 0 Å². The Hall–Kier alpha value is -1.05. The quantitative estimate of drug-likeness (QED) is 0.512. The second-order valence-corrected chi connectivity index (χ2v) is 5.83. The molecule has 0 saturated carbocycles. The Kier molecular flexibility index (Phi) is 5.68. The van der Waals surface area contributed by atoms with Crippen molar-refractivity contribution >= 4 is 5.78 Å². The number of aromatic nitrogens is 1. The van der Waals surface area contributed by atoms with Gasteiger partial charge in [-0.2, -0.15) is 0 Å². The molecule has 19 heavy (non-hydrogen) atoms. The van der Waals surface area contributed by atoms with Gasteiger partial charge in [-0.3, -0.25) is 4.79 Å². The second-order valence-electron chi connectivity index (χ2n) is 5.83. The van der Waals surface area contributed by atoms with Crippen LogP contribution in [0.5, 0.6) is 0 Å². The van der Waals surface area contributed by atoms with Gasteiger partial charge in [-0.05, 0) is 31.2 Å². The van der Waals surface area contributed by atoms with Gasteiger partial charge < -0.3 is 4.57 Å². The highest BCUT2D eigenvalue weighted by atomic mass is 16.1. The Morgan fingerprint density at radius 3 is 2.58 bits per heavy atom. The third kappa shape index (κ3) is 4.22. The van der Waals surface area contributed by atoms with Crippen LogP contribution < -0.4 is 0 Å². The van der Waals surface area contributed by atoms with Crippen molar-refractivity contribution in [3.05, 3.63) is 23.5 Å². The van der Waals surface area contributed by atoms with Gasteiger partial charge in [0, 0.05) is 30.9 Å². The van der Waals surface area contributed by atoms with E-state index in [9.17, 15) is 4.79 Å². The van der Waals surface area contributed by atoms with Crippen LogP contribution >= 0.6 is 0 Å². The molecule has 1 aliphatic rings. The summed E-state index contributed by atoms with van der Waals surface area (Å²) in [6.45, 7) is 3.33. The van der Waals surface area contributed by atoms with E-state index in [1.165, 1.54) is 50.5 Å². The molecule has 2 heteroatoms. The fourth-order valence-corrected chi connectivity index (χ4v) is 2.95.